The van der Waals surface area contributed by atoms with Crippen molar-refractivity contribution in [2.45, 2.75) is 58.2 Å². The number of nitrogens with zero attached hydrogens (tertiary/aromatic N) is 5. The second-order valence-corrected chi connectivity index (χ2v) is 9.53. The van der Waals surface area contributed by atoms with E-state index in [0.717, 1.165) is 38.0 Å². The molecule has 4 aromatic rings. The average molecular weight is 472 g/mol. The molecule has 6 rings (SSSR count). The van der Waals surface area contributed by atoms with Crippen LogP contribution in [-0.4, -0.2) is 37.0 Å². The Morgan fingerprint density at radius 3 is 2.83 bits per heavy atom. The van der Waals surface area contributed by atoms with Crippen LogP contribution >= 0.6 is 0 Å². The van der Waals surface area contributed by atoms with Crippen molar-refractivity contribution in [3.05, 3.63) is 64.1 Å². The van der Waals surface area contributed by atoms with Gasteiger partial charge in [0.15, 0.2) is 11.5 Å². The molecule has 0 spiro atoms. The fourth-order valence-corrected chi connectivity index (χ4v) is 4.68. The normalized spacial score (nSPS) is 15.7. The number of aromatic nitrogens is 5. The van der Waals surface area contributed by atoms with Gasteiger partial charge in [0.2, 0.25) is 11.8 Å². The van der Waals surface area contributed by atoms with Crippen LogP contribution in [0.25, 0.3) is 16.9 Å². The molecule has 0 atom stereocenters. The van der Waals surface area contributed by atoms with Gasteiger partial charge in [-0.25, -0.2) is 14.3 Å². The lowest BCUT2D eigenvalue weighted by molar-refractivity contribution is 0.114. The maximum absolute atomic E-state index is 13.3. The number of benzene rings is 1. The first kappa shape index (κ1) is 21.8. The van der Waals surface area contributed by atoms with Crippen LogP contribution in [0, 0.1) is 0 Å². The molecule has 4 heterocycles. The Kier molecular flexibility index (Phi) is 5.49. The molecule has 35 heavy (non-hydrogen) atoms. The maximum Gasteiger partial charge on any atom is 0.278 e. The number of fused-ring (bicyclic) bond motifs is 2. The number of ether oxygens (including phenoxy) is 1. The van der Waals surface area contributed by atoms with Gasteiger partial charge in [-0.15, -0.1) is 0 Å². The summed E-state index contributed by atoms with van der Waals surface area (Å²) in [6, 6.07) is 11.9. The van der Waals surface area contributed by atoms with Crippen molar-refractivity contribution in [1.82, 2.24) is 29.6 Å². The molecule has 1 aromatic carbocycles. The van der Waals surface area contributed by atoms with Crippen LogP contribution in [0.2, 0.25) is 0 Å². The highest BCUT2D eigenvalue weighted by Crippen LogP contribution is 2.26. The van der Waals surface area contributed by atoms with Gasteiger partial charge >= 0.3 is 0 Å². The Labute approximate surface area is 203 Å². The van der Waals surface area contributed by atoms with Crippen molar-refractivity contribution >= 4 is 22.7 Å². The van der Waals surface area contributed by atoms with E-state index >= 15 is 0 Å². The van der Waals surface area contributed by atoms with Gasteiger partial charge in [0.1, 0.15) is 11.5 Å². The lowest BCUT2D eigenvalue weighted by Crippen LogP contribution is -2.26. The molecule has 1 saturated carbocycles. The van der Waals surface area contributed by atoms with Crippen LogP contribution in [0.3, 0.4) is 0 Å². The third-order valence-electron chi connectivity index (χ3n) is 6.73. The van der Waals surface area contributed by atoms with E-state index in [4.69, 9.17) is 14.7 Å². The second-order valence-electron chi connectivity index (χ2n) is 9.53. The summed E-state index contributed by atoms with van der Waals surface area (Å²) in [7, 11) is 0. The Hall–Kier alpha value is -3.72. The molecular formula is C26H29N7O2. The van der Waals surface area contributed by atoms with Crippen LogP contribution in [0.1, 0.15) is 50.3 Å². The third-order valence-corrected chi connectivity index (χ3v) is 6.73. The average Bonchev–Trinajstić information content (AvgIpc) is 3.13. The van der Waals surface area contributed by atoms with Crippen LogP contribution < -0.4 is 20.9 Å². The monoisotopic (exact) mass is 471 g/mol. The Bertz CT molecular complexity index is 1450. The van der Waals surface area contributed by atoms with E-state index in [1.807, 2.05) is 38.1 Å². The lowest BCUT2D eigenvalue weighted by Gasteiger charge is -2.26. The smallest absolute Gasteiger partial charge is 0.278 e. The highest BCUT2D eigenvalue weighted by atomic mass is 16.5. The summed E-state index contributed by atoms with van der Waals surface area (Å²) >= 11 is 0. The fourth-order valence-electron chi connectivity index (χ4n) is 4.68. The van der Waals surface area contributed by atoms with Crippen molar-refractivity contribution in [2.75, 3.05) is 11.9 Å². The molecule has 0 saturated heterocycles. The van der Waals surface area contributed by atoms with Gasteiger partial charge in [0.05, 0.1) is 0 Å². The fraction of sp³-hybridized carbons (Fsp3) is 0.385. The van der Waals surface area contributed by atoms with E-state index in [2.05, 4.69) is 27.8 Å². The molecule has 9 heteroatoms. The molecule has 0 radical (unpaired) electrons. The summed E-state index contributed by atoms with van der Waals surface area (Å²) in [5.74, 6) is 1.59. The zero-order chi connectivity index (χ0) is 23.9. The van der Waals surface area contributed by atoms with Crippen LogP contribution in [0.5, 0.6) is 5.88 Å². The van der Waals surface area contributed by atoms with E-state index in [-0.39, 0.29) is 17.7 Å². The predicted molar refractivity (Wildman–Crippen MR) is 135 cm³/mol. The van der Waals surface area contributed by atoms with Crippen molar-refractivity contribution in [3.8, 4) is 11.7 Å². The first-order valence-corrected chi connectivity index (χ1v) is 12.3. The van der Waals surface area contributed by atoms with Crippen molar-refractivity contribution in [2.24, 2.45) is 0 Å². The van der Waals surface area contributed by atoms with Gasteiger partial charge in [-0.3, -0.25) is 4.79 Å². The highest BCUT2D eigenvalue weighted by molar-refractivity contribution is 5.77. The molecule has 0 amide bonds. The maximum atomic E-state index is 13.3. The molecule has 0 bridgehead atoms. The molecule has 1 aliphatic carbocycles. The first-order valence-electron chi connectivity index (χ1n) is 12.3. The van der Waals surface area contributed by atoms with E-state index < -0.39 is 0 Å². The van der Waals surface area contributed by atoms with Gasteiger partial charge in [-0.1, -0.05) is 12.1 Å². The van der Waals surface area contributed by atoms with E-state index in [1.165, 1.54) is 17.5 Å². The molecule has 2 aliphatic rings. The summed E-state index contributed by atoms with van der Waals surface area (Å²) in [6.45, 7) is 5.81. The van der Waals surface area contributed by atoms with E-state index in [9.17, 15) is 4.79 Å². The van der Waals surface area contributed by atoms with Gasteiger partial charge < -0.3 is 15.4 Å². The minimum Gasteiger partial charge on any atom is -0.474 e. The number of anilines is 2. The molecule has 0 unspecified atom stereocenters. The summed E-state index contributed by atoms with van der Waals surface area (Å²) in [6.07, 6.45) is 6.10. The summed E-state index contributed by atoms with van der Waals surface area (Å²) in [5.41, 5.74) is 3.93. The quantitative estimate of drug-likeness (QED) is 0.440. The van der Waals surface area contributed by atoms with E-state index in [0.29, 0.717) is 28.7 Å². The number of hydrogen-bond acceptors (Lipinski definition) is 7. The summed E-state index contributed by atoms with van der Waals surface area (Å²) in [4.78, 5) is 27.2. The Morgan fingerprint density at radius 1 is 1.14 bits per heavy atom. The highest BCUT2D eigenvalue weighted by Gasteiger charge is 2.22. The largest absolute Gasteiger partial charge is 0.474 e. The second kappa shape index (κ2) is 8.81. The third kappa shape index (κ3) is 4.05. The van der Waals surface area contributed by atoms with Crippen LogP contribution in [-0.2, 0) is 13.0 Å². The number of nitrogens with one attached hydrogen (secondary N) is 2. The number of hydrogen-bond donors (Lipinski definition) is 2. The Morgan fingerprint density at radius 2 is 2.03 bits per heavy atom. The lowest BCUT2D eigenvalue weighted by atomic mass is 9.96. The number of rotatable bonds is 6. The van der Waals surface area contributed by atoms with Gasteiger partial charge in [0, 0.05) is 30.5 Å². The first-order chi connectivity index (χ1) is 17.1. The molecule has 1 fully saturated rings. The molecule has 180 valence electrons. The van der Waals surface area contributed by atoms with Crippen molar-refractivity contribution in [1.29, 1.82) is 0 Å². The van der Waals surface area contributed by atoms with Gasteiger partial charge in [-0.05, 0) is 75.4 Å². The standard InChI is InChI=1S/C26H29N7O2/c1-16(2)32-25(34)21-15-28-26(29-19-10-9-18-14-27-12-11-17(18)13-19)31-24(21)33(32)22-7-4-8-23(30-22)35-20-5-3-6-20/h4,7-10,13,15-16,20,27H,3,5-6,11-12,14H2,1-2H3,(H,28,29,31). The van der Waals surface area contributed by atoms with Crippen molar-refractivity contribution in [3.63, 3.8) is 0 Å². The topological polar surface area (TPSA) is 98.9 Å². The SMILES string of the molecule is CC(C)n1c(=O)c2cnc(Nc3ccc4c(c3)CCNC4)nc2n1-c1cccc(OC2CCC2)n1. The van der Waals surface area contributed by atoms with Gasteiger partial charge in [-0.2, -0.15) is 9.97 Å². The predicted octanol–water partition coefficient (Wildman–Crippen LogP) is 3.88. The Balaban J connectivity index is 1.41. The zero-order valence-corrected chi connectivity index (χ0v) is 20.0. The molecular weight excluding hydrogens is 442 g/mol. The molecule has 9 nitrogen and oxygen atoms in total. The molecule has 1 aliphatic heterocycles. The van der Waals surface area contributed by atoms with Crippen LogP contribution in [0.4, 0.5) is 11.6 Å². The minimum absolute atomic E-state index is 0.0969. The van der Waals surface area contributed by atoms with E-state index in [1.54, 1.807) is 15.6 Å². The summed E-state index contributed by atoms with van der Waals surface area (Å²) < 4.78 is 9.47. The van der Waals surface area contributed by atoms with Crippen LogP contribution in [0.15, 0.2) is 47.4 Å². The van der Waals surface area contributed by atoms with Crippen molar-refractivity contribution < 1.29 is 4.74 Å². The zero-order valence-electron chi connectivity index (χ0n) is 20.0. The number of pyridine rings is 1. The van der Waals surface area contributed by atoms with Gasteiger partial charge in [0.25, 0.3) is 5.56 Å². The minimum atomic E-state index is -0.144. The molecule has 2 N–H and O–H groups in total. The summed E-state index contributed by atoms with van der Waals surface area (Å²) in [5, 5.41) is 7.17. The molecule has 3 aromatic heterocycles.